The van der Waals surface area contributed by atoms with Crippen molar-refractivity contribution in [1.82, 2.24) is 25.5 Å². The van der Waals surface area contributed by atoms with E-state index in [2.05, 4.69) is 31.2 Å². The molecule has 0 unspecified atom stereocenters. The van der Waals surface area contributed by atoms with E-state index in [0.717, 1.165) is 6.07 Å². The molecular weight excluding hydrogens is 568 g/mol. The van der Waals surface area contributed by atoms with E-state index >= 15 is 0 Å². The van der Waals surface area contributed by atoms with Gasteiger partial charge in [0.05, 0.1) is 17.2 Å². The van der Waals surface area contributed by atoms with Gasteiger partial charge < -0.3 is 26.2 Å². The Kier molecular flexibility index (Phi) is 9.27. The van der Waals surface area contributed by atoms with Crippen molar-refractivity contribution >= 4 is 57.4 Å². The van der Waals surface area contributed by atoms with E-state index in [0.29, 0.717) is 36.0 Å². The monoisotopic (exact) mass is 601 g/mol. The van der Waals surface area contributed by atoms with Crippen molar-refractivity contribution in [2.24, 2.45) is 5.41 Å². The maximum atomic E-state index is 14.5. The second kappa shape index (κ2) is 12.5. The zero-order valence-corrected chi connectivity index (χ0v) is 24.8. The summed E-state index contributed by atoms with van der Waals surface area (Å²) in [4.78, 5) is 49.7. The largest absolute Gasteiger partial charge is 0.342 e. The summed E-state index contributed by atoms with van der Waals surface area (Å²) >= 11 is 5.71. The van der Waals surface area contributed by atoms with E-state index < -0.39 is 40.2 Å². The first-order valence-corrected chi connectivity index (χ1v) is 13.9. The highest BCUT2D eigenvalue weighted by Gasteiger charge is 2.42. The molecule has 1 aromatic heterocycles. The molecule has 10 nitrogen and oxygen atoms in total. The zero-order valence-electron chi connectivity index (χ0n) is 24.0. The van der Waals surface area contributed by atoms with Crippen LogP contribution in [-0.2, 0) is 14.4 Å². The van der Waals surface area contributed by atoms with Crippen molar-refractivity contribution in [3.8, 4) is 0 Å². The first-order chi connectivity index (χ1) is 19.8. The molecule has 1 aliphatic heterocycles. The van der Waals surface area contributed by atoms with Crippen molar-refractivity contribution in [3.63, 3.8) is 0 Å². The molecule has 2 aromatic carbocycles. The molecule has 4 rings (SSSR count). The number of anilines is 3. The van der Waals surface area contributed by atoms with Crippen LogP contribution in [0.4, 0.5) is 26.0 Å². The van der Waals surface area contributed by atoms with Crippen LogP contribution in [0.3, 0.4) is 0 Å². The molecular formula is C29H34ClF2N7O3. The molecule has 0 radical (unpaired) electrons. The summed E-state index contributed by atoms with van der Waals surface area (Å²) in [6.07, 6.45) is 2.38. The predicted molar refractivity (Wildman–Crippen MR) is 157 cm³/mol. The highest BCUT2D eigenvalue weighted by molar-refractivity contribution is 6.31. The molecule has 2 heterocycles. The Morgan fingerprint density at radius 1 is 1.12 bits per heavy atom. The Labute approximate surface area is 247 Å². The summed E-state index contributed by atoms with van der Waals surface area (Å²) in [6.45, 7) is 7.66. The van der Waals surface area contributed by atoms with Crippen LogP contribution in [0.25, 0.3) is 10.9 Å². The lowest BCUT2D eigenvalue weighted by molar-refractivity contribution is -0.143. The molecule has 0 aliphatic carbocycles. The predicted octanol–water partition coefficient (Wildman–Crippen LogP) is 4.37. The molecule has 3 atom stereocenters. The summed E-state index contributed by atoms with van der Waals surface area (Å²) in [5.41, 5.74) is 0.238. The average molecular weight is 602 g/mol. The van der Waals surface area contributed by atoms with Gasteiger partial charge in [-0.05, 0) is 62.6 Å². The van der Waals surface area contributed by atoms with Gasteiger partial charge in [0.1, 0.15) is 35.1 Å². The summed E-state index contributed by atoms with van der Waals surface area (Å²) in [5, 5.41) is 11.2. The van der Waals surface area contributed by atoms with Gasteiger partial charge in [-0.15, -0.1) is 0 Å². The van der Waals surface area contributed by atoms with Gasteiger partial charge in [0.15, 0.2) is 5.82 Å². The molecule has 0 saturated carbocycles. The van der Waals surface area contributed by atoms with Crippen molar-refractivity contribution in [2.45, 2.75) is 58.7 Å². The number of hydrogen-bond acceptors (Lipinski definition) is 7. The molecule has 4 N–H and O–H groups in total. The van der Waals surface area contributed by atoms with Crippen molar-refractivity contribution in [1.29, 1.82) is 0 Å². The molecule has 42 heavy (non-hydrogen) atoms. The van der Waals surface area contributed by atoms with Gasteiger partial charge in [-0.3, -0.25) is 14.4 Å². The van der Waals surface area contributed by atoms with Gasteiger partial charge in [-0.1, -0.05) is 32.4 Å². The van der Waals surface area contributed by atoms with Gasteiger partial charge in [-0.25, -0.2) is 18.7 Å². The van der Waals surface area contributed by atoms with Gasteiger partial charge >= 0.3 is 0 Å². The van der Waals surface area contributed by atoms with E-state index in [4.69, 9.17) is 11.6 Å². The number of rotatable bonds is 8. The smallest absolute Gasteiger partial charge is 0.247 e. The Bertz CT molecular complexity index is 1510. The van der Waals surface area contributed by atoms with E-state index in [-0.39, 0.29) is 29.2 Å². The molecule has 3 aromatic rings. The summed E-state index contributed by atoms with van der Waals surface area (Å²) in [6, 6.07) is 5.12. The van der Waals surface area contributed by atoms with Crippen molar-refractivity contribution in [3.05, 3.63) is 53.3 Å². The SMILES string of the molecule is CN[C@@H](C)C(=O)N[C@H](C(=O)N1CCC[C@H]1C(=O)Nc1ccc2ncnc(Nc3ccc(F)c(Cl)c3F)c2c1)C(C)(C)C. The minimum atomic E-state index is -0.968. The van der Waals surface area contributed by atoms with Gasteiger partial charge in [-0.2, -0.15) is 0 Å². The van der Waals surface area contributed by atoms with Crippen LogP contribution < -0.4 is 21.3 Å². The highest BCUT2D eigenvalue weighted by atomic mass is 35.5. The van der Waals surface area contributed by atoms with Crippen molar-refractivity contribution in [2.75, 3.05) is 24.2 Å². The summed E-state index contributed by atoms with van der Waals surface area (Å²) in [7, 11) is 1.66. The fourth-order valence-electron chi connectivity index (χ4n) is 4.73. The topological polar surface area (TPSA) is 128 Å². The number of aromatic nitrogens is 2. The molecule has 0 bridgehead atoms. The normalized spacial score (nSPS) is 16.7. The summed E-state index contributed by atoms with van der Waals surface area (Å²) in [5.74, 6) is -2.66. The number of fused-ring (bicyclic) bond motifs is 1. The number of nitrogens with zero attached hydrogens (tertiary/aromatic N) is 3. The third-order valence-electron chi connectivity index (χ3n) is 7.26. The van der Waals surface area contributed by atoms with E-state index in [9.17, 15) is 23.2 Å². The molecule has 13 heteroatoms. The number of hydrogen-bond donors (Lipinski definition) is 4. The number of halogens is 3. The Morgan fingerprint density at radius 3 is 2.55 bits per heavy atom. The quantitative estimate of drug-likeness (QED) is 0.282. The molecule has 224 valence electrons. The van der Waals surface area contributed by atoms with Crippen LogP contribution in [0.2, 0.25) is 5.02 Å². The molecule has 0 spiro atoms. The maximum absolute atomic E-state index is 14.5. The Morgan fingerprint density at radius 2 is 1.86 bits per heavy atom. The fourth-order valence-corrected chi connectivity index (χ4v) is 4.89. The number of benzene rings is 2. The Hall–Kier alpha value is -3.90. The molecule has 1 fully saturated rings. The van der Waals surface area contributed by atoms with Crippen LogP contribution in [0.15, 0.2) is 36.7 Å². The minimum Gasteiger partial charge on any atom is -0.342 e. The second-order valence-corrected chi connectivity index (χ2v) is 11.7. The van der Waals surface area contributed by atoms with Crippen LogP contribution in [0, 0.1) is 17.0 Å². The zero-order chi connectivity index (χ0) is 30.8. The third kappa shape index (κ3) is 6.60. The second-order valence-electron chi connectivity index (χ2n) is 11.3. The first-order valence-electron chi connectivity index (χ1n) is 13.6. The van der Waals surface area contributed by atoms with Crippen LogP contribution >= 0.6 is 11.6 Å². The number of likely N-dealkylation sites (tertiary alicyclic amines) is 1. The number of nitrogens with one attached hydrogen (secondary N) is 4. The van der Waals surface area contributed by atoms with Gasteiger partial charge in [0, 0.05) is 17.6 Å². The Balaban J connectivity index is 1.55. The minimum absolute atomic E-state index is 0.0828. The van der Waals surface area contributed by atoms with E-state index in [1.165, 1.54) is 17.3 Å². The highest BCUT2D eigenvalue weighted by Crippen LogP contribution is 2.31. The van der Waals surface area contributed by atoms with Crippen LogP contribution in [0.1, 0.15) is 40.5 Å². The first kappa shape index (κ1) is 31.0. The lowest BCUT2D eigenvalue weighted by atomic mass is 9.85. The van der Waals surface area contributed by atoms with E-state index in [1.54, 1.807) is 32.2 Å². The van der Waals surface area contributed by atoms with E-state index in [1.807, 2.05) is 20.8 Å². The lowest BCUT2D eigenvalue weighted by Gasteiger charge is -2.36. The number of carbonyl (C=O) groups excluding carboxylic acids is 3. The average Bonchev–Trinajstić information content (AvgIpc) is 3.45. The third-order valence-corrected chi connectivity index (χ3v) is 7.60. The van der Waals surface area contributed by atoms with Crippen LogP contribution in [-0.4, -0.2) is 64.3 Å². The standard InChI is InChI=1S/C29H34ClF2N7O3/c1-15(33-5)26(40)38-24(29(2,3)4)28(42)39-12-6-7-21(39)27(41)36-16-8-10-19-17(13-16)25(35-14-34-19)37-20-11-9-18(31)22(30)23(20)32/h8-11,13-15,21,24,33H,6-7,12H2,1-5H3,(H,36,41)(H,38,40)(H,34,35,37)/t15-,21-,24+/m0/s1. The molecule has 3 amide bonds. The molecule has 1 saturated heterocycles. The number of amides is 3. The van der Waals surface area contributed by atoms with Crippen molar-refractivity contribution < 1.29 is 23.2 Å². The molecule has 1 aliphatic rings. The van der Waals surface area contributed by atoms with Gasteiger partial charge in [0.2, 0.25) is 17.7 Å². The van der Waals surface area contributed by atoms with Gasteiger partial charge in [0.25, 0.3) is 0 Å². The fraction of sp³-hybridized carbons (Fsp3) is 0.414. The maximum Gasteiger partial charge on any atom is 0.247 e. The summed E-state index contributed by atoms with van der Waals surface area (Å²) < 4.78 is 28.2. The lowest BCUT2D eigenvalue weighted by Crippen LogP contribution is -2.59. The van der Waals surface area contributed by atoms with Crippen LogP contribution in [0.5, 0.6) is 0 Å². The number of likely N-dealkylation sites (N-methyl/N-ethyl adjacent to an activating group) is 1. The number of carbonyl (C=O) groups is 3.